The van der Waals surface area contributed by atoms with E-state index in [1.54, 1.807) is 24.4 Å². The van der Waals surface area contributed by atoms with Gasteiger partial charge in [-0.15, -0.1) is 0 Å². The highest BCUT2D eigenvalue weighted by atomic mass is 16.6. The first-order valence-electron chi connectivity index (χ1n) is 10.5. The minimum Gasteiger partial charge on any atom is -0.481 e. The van der Waals surface area contributed by atoms with Gasteiger partial charge in [0, 0.05) is 11.5 Å². The molecule has 1 aliphatic rings. The lowest BCUT2D eigenvalue weighted by atomic mass is 9.88. The standard InChI is InChI=1S/C24H25N3O4/c1-30-22(28)16-31-21-14-8-5-11-18(21)15-25-27-23(17-9-3-2-4-10-17)26-20-13-7-6-12-19(20)24(27)29/h5-8,11-15,17H,2-4,9-10,16H2,1H3. The molecule has 1 saturated carbocycles. The van der Waals surface area contributed by atoms with Crippen molar-refractivity contribution < 1.29 is 14.3 Å². The van der Waals surface area contributed by atoms with Gasteiger partial charge in [-0.25, -0.2) is 9.78 Å². The molecule has 0 bridgehead atoms. The summed E-state index contributed by atoms with van der Waals surface area (Å²) in [7, 11) is 1.31. The van der Waals surface area contributed by atoms with Gasteiger partial charge in [-0.3, -0.25) is 4.79 Å². The number of carbonyl (C=O) groups is 1. The van der Waals surface area contributed by atoms with E-state index in [0.717, 1.165) is 25.7 Å². The first-order chi connectivity index (χ1) is 15.2. The second-order valence-corrected chi connectivity index (χ2v) is 7.59. The summed E-state index contributed by atoms with van der Waals surface area (Å²) in [6.07, 6.45) is 7.04. The molecule has 0 amide bonds. The lowest BCUT2D eigenvalue weighted by Gasteiger charge is -2.22. The molecule has 1 fully saturated rings. The molecule has 160 valence electrons. The van der Waals surface area contributed by atoms with E-state index in [9.17, 15) is 9.59 Å². The monoisotopic (exact) mass is 419 g/mol. The Morgan fingerprint density at radius 1 is 1.13 bits per heavy atom. The lowest BCUT2D eigenvalue weighted by molar-refractivity contribution is -0.142. The number of hydrogen-bond acceptors (Lipinski definition) is 6. The largest absolute Gasteiger partial charge is 0.481 e. The highest BCUT2D eigenvalue weighted by Crippen LogP contribution is 2.31. The molecular formula is C24H25N3O4. The van der Waals surface area contributed by atoms with E-state index in [-0.39, 0.29) is 18.1 Å². The van der Waals surface area contributed by atoms with Crippen molar-refractivity contribution in [3.63, 3.8) is 0 Å². The topological polar surface area (TPSA) is 82.8 Å². The molecule has 0 spiro atoms. The molecule has 0 N–H and O–H groups in total. The molecule has 0 saturated heterocycles. The summed E-state index contributed by atoms with van der Waals surface area (Å²) in [5, 5.41) is 5.07. The first kappa shape index (κ1) is 20.8. The van der Waals surface area contributed by atoms with Gasteiger partial charge in [-0.05, 0) is 37.1 Å². The number of para-hydroxylation sites is 2. The van der Waals surface area contributed by atoms with Crippen molar-refractivity contribution in [3.05, 3.63) is 70.3 Å². The van der Waals surface area contributed by atoms with Gasteiger partial charge in [-0.1, -0.05) is 43.5 Å². The maximum absolute atomic E-state index is 13.3. The average Bonchev–Trinajstić information content (AvgIpc) is 2.83. The van der Waals surface area contributed by atoms with E-state index in [1.165, 1.54) is 18.2 Å². The number of hydrogen-bond donors (Lipinski definition) is 0. The minimum atomic E-state index is -0.471. The highest BCUT2D eigenvalue weighted by molar-refractivity contribution is 5.84. The number of ether oxygens (including phenoxy) is 2. The Morgan fingerprint density at radius 2 is 1.87 bits per heavy atom. The second-order valence-electron chi connectivity index (χ2n) is 7.59. The number of fused-ring (bicyclic) bond motifs is 1. The fourth-order valence-corrected chi connectivity index (χ4v) is 3.91. The molecule has 1 heterocycles. The van der Waals surface area contributed by atoms with Crippen molar-refractivity contribution in [2.24, 2.45) is 5.10 Å². The molecule has 0 aliphatic heterocycles. The molecule has 2 aromatic carbocycles. The van der Waals surface area contributed by atoms with Crippen molar-refractivity contribution >= 4 is 23.1 Å². The normalized spacial score (nSPS) is 14.7. The Morgan fingerprint density at radius 3 is 2.68 bits per heavy atom. The van der Waals surface area contributed by atoms with Gasteiger partial charge in [0.1, 0.15) is 11.6 Å². The van der Waals surface area contributed by atoms with Crippen LogP contribution in [0.25, 0.3) is 10.9 Å². The van der Waals surface area contributed by atoms with E-state index in [0.29, 0.717) is 28.0 Å². The molecule has 0 unspecified atom stereocenters. The van der Waals surface area contributed by atoms with Crippen LogP contribution in [0.5, 0.6) is 5.75 Å². The number of nitrogens with zero attached hydrogens (tertiary/aromatic N) is 3. The van der Waals surface area contributed by atoms with E-state index in [4.69, 9.17) is 9.72 Å². The molecule has 31 heavy (non-hydrogen) atoms. The first-order valence-corrected chi connectivity index (χ1v) is 10.5. The predicted octanol–water partition coefficient (Wildman–Crippen LogP) is 3.88. The van der Waals surface area contributed by atoms with Crippen LogP contribution in [0.4, 0.5) is 0 Å². The third-order valence-corrected chi connectivity index (χ3v) is 5.55. The van der Waals surface area contributed by atoms with Crippen LogP contribution >= 0.6 is 0 Å². The summed E-state index contributed by atoms with van der Waals surface area (Å²) in [4.78, 5) is 29.5. The Balaban J connectivity index is 1.74. The zero-order valence-electron chi connectivity index (χ0n) is 17.5. The van der Waals surface area contributed by atoms with E-state index >= 15 is 0 Å². The van der Waals surface area contributed by atoms with Crippen LogP contribution in [0.15, 0.2) is 58.4 Å². The SMILES string of the molecule is COC(=O)COc1ccccc1C=Nn1c(C2CCCCC2)nc2ccccc2c1=O. The maximum Gasteiger partial charge on any atom is 0.343 e. The minimum absolute atomic E-state index is 0.185. The Bertz CT molecular complexity index is 1160. The molecule has 7 heteroatoms. The Kier molecular flexibility index (Phi) is 6.40. The predicted molar refractivity (Wildman–Crippen MR) is 119 cm³/mol. The number of aromatic nitrogens is 2. The van der Waals surface area contributed by atoms with Crippen LogP contribution < -0.4 is 10.3 Å². The quantitative estimate of drug-likeness (QED) is 0.447. The van der Waals surface area contributed by atoms with Crippen LogP contribution in [0, 0.1) is 0 Å². The smallest absolute Gasteiger partial charge is 0.343 e. The fourth-order valence-electron chi connectivity index (χ4n) is 3.91. The summed E-state index contributed by atoms with van der Waals surface area (Å²) in [6.45, 7) is -0.202. The Labute approximate surface area is 180 Å². The summed E-state index contributed by atoms with van der Waals surface area (Å²) >= 11 is 0. The van der Waals surface area contributed by atoms with Gasteiger partial charge >= 0.3 is 5.97 Å². The highest BCUT2D eigenvalue weighted by Gasteiger charge is 2.22. The van der Waals surface area contributed by atoms with Crippen molar-refractivity contribution in [3.8, 4) is 5.75 Å². The fraction of sp³-hybridized carbons (Fsp3) is 0.333. The molecule has 4 rings (SSSR count). The van der Waals surface area contributed by atoms with Crippen molar-refractivity contribution in [1.29, 1.82) is 0 Å². The van der Waals surface area contributed by atoms with E-state index < -0.39 is 5.97 Å². The van der Waals surface area contributed by atoms with Gasteiger partial charge in [-0.2, -0.15) is 9.78 Å². The van der Waals surface area contributed by atoms with Gasteiger partial charge in [0.15, 0.2) is 6.61 Å². The molecule has 1 aromatic heterocycles. The van der Waals surface area contributed by atoms with Gasteiger partial charge in [0.25, 0.3) is 5.56 Å². The van der Waals surface area contributed by atoms with Crippen LogP contribution in [0.2, 0.25) is 0 Å². The average molecular weight is 419 g/mol. The molecule has 3 aromatic rings. The number of rotatable bonds is 6. The summed E-state index contributed by atoms with van der Waals surface area (Å²) < 4.78 is 11.6. The molecule has 0 atom stereocenters. The maximum atomic E-state index is 13.3. The molecule has 7 nitrogen and oxygen atoms in total. The van der Waals surface area contributed by atoms with E-state index in [2.05, 4.69) is 9.84 Å². The third-order valence-electron chi connectivity index (χ3n) is 5.55. The van der Waals surface area contributed by atoms with Crippen molar-refractivity contribution in [2.45, 2.75) is 38.0 Å². The number of methoxy groups -OCH3 is 1. The van der Waals surface area contributed by atoms with Gasteiger partial charge in [0.05, 0.1) is 24.2 Å². The lowest BCUT2D eigenvalue weighted by Crippen LogP contribution is -2.25. The van der Waals surface area contributed by atoms with Crippen LogP contribution in [-0.2, 0) is 9.53 Å². The number of benzene rings is 2. The van der Waals surface area contributed by atoms with E-state index in [1.807, 2.05) is 30.3 Å². The summed E-state index contributed by atoms with van der Waals surface area (Å²) in [6, 6.07) is 14.6. The number of esters is 1. The van der Waals surface area contributed by atoms with Crippen LogP contribution in [-0.4, -0.2) is 35.6 Å². The van der Waals surface area contributed by atoms with Gasteiger partial charge in [0.2, 0.25) is 0 Å². The molecule has 0 radical (unpaired) electrons. The third kappa shape index (κ3) is 4.66. The summed E-state index contributed by atoms with van der Waals surface area (Å²) in [5.41, 5.74) is 1.16. The van der Waals surface area contributed by atoms with Crippen molar-refractivity contribution in [1.82, 2.24) is 9.66 Å². The van der Waals surface area contributed by atoms with Gasteiger partial charge < -0.3 is 9.47 Å². The number of carbonyl (C=O) groups excluding carboxylic acids is 1. The molecular weight excluding hydrogens is 394 g/mol. The zero-order valence-corrected chi connectivity index (χ0v) is 17.5. The molecule has 1 aliphatic carbocycles. The Hall–Kier alpha value is -3.48. The van der Waals surface area contributed by atoms with Crippen LogP contribution in [0.1, 0.15) is 49.4 Å². The zero-order chi connectivity index (χ0) is 21.6. The summed E-state index contributed by atoms with van der Waals surface area (Å²) in [5.74, 6) is 0.917. The second kappa shape index (κ2) is 9.55. The van der Waals surface area contributed by atoms with Crippen molar-refractivity contribution in [2.75, 3.05) is 13.7 Å². The van der Waals surface area contributed by atoms with Crippen LogP contribution in [0.3, 0.4) is 0 Å².